The van der Waals surface area contributed by atoms with Crippen LogP contribution in [0.1, 0.15) is 21.5 Å². The molecule has 0 aliphatic carbocycles. The average molecular weight is 520 g/mol. The number of amides is 1. The Labute approximate surface area is 195 Å². The van der Waals surface area contributed by atoms with Crippen LogP contribution < -0.4 is 20.7 Å². The van der Waals surface area contributed by atoms with Gasteiger partial charge in [-0.25, -0.2) is 0 Å². The highest BCUT2D eigenvalue weighted by atomic mass is 127. The molecule has 0 aliphatic rings. The fourth-order valence-electron chi connectivity index (χ4n) is 2.76. The van der Waals surface area contributed by atoms with Crippen LogP contribution in [-0.2, 0) is 12.8 Å². The van der Waals surface area contributed by atoms with Crippen molar-refractivity contribution in [2.24, 2.45) is 4.99 Å². The minimum atomic E-state index is -0.0760. The second-order valence-electron chi connectivity index (χ2n) is 6.34. The molecule has 0 atom stereocenters. The van der Waals surface area contributed by atoms with Gasteiger partial charge in [-0.2, -0.15) is 0 Å². The molecular weight excluding hydrogens is 491 g/mol. The van der Waals surface area contributed by atoms with Crippen LogP contribution in [0.25, 0.3) is 0 Å². The van der Waals surface area contributed by atoms with E-state index in [1.807, 2.05) is 48.5 Å². The largest absolute Gasteiger partial charge is 0.481 e. The van der Waals surface area contributed by atoms with Gasteiger partial charge in [0.25, 0.3) is 5.91 Å². The lowest BCUT2D eigenvalue weighted by Gasteiger charge is -2.12. The number of hydrogen-bond acceptors (Lipinski definition) is 3. The molecule has 160 valence electrons. The van der Waals surface area contributed by atoms with Gasteiger partial charge in [0.05, 0.1) is 0 Å². The van der Waals surface area contributed by atoms with Crippen molar-refractivity contribution in [2.45, 2.75) is 12.8 Å². The average Bonchev–Trinajstić information content (AvgIpc) is 2.77. The predicted molar refractivity (Wildman–Crippen MR) is 133 cm³/mol. The third-order valence-corrected chi connectivity index (χ3v) is 4.30. The van der Waals surface area contributed by atoms with E-state index >= 15 is 0 Å². The molecule has 0 aromatic heterocycles. The standard InChI is InChI=1S/C23H28N4O2.HI/c1-4-16-29-21-10-8-18(9-11-21)12-14-26-23(25-3)27-15-13-19-6-5-7-20(17-19)22(28)24-2;/h1,5-11,17H,12-16H2,2-3H3,(H,24,28)(H2,25,26,27);1H. The van der Waals surface area contributed by atoms with Gasteiger partial charge in [-0.3, -0.25) is 9.79 Å². The molecule has 0 saturated carbocycles. The number of carbonyl (C=O) groups excluding carboxylic acids is 1. The smallest absolute Gasteiger partial charge is 0.251 e. The topological polar surface area (TPSA) is 74.8 Å². The van der Waals surface area contributed by atoms with Crippen molar-refractivity contribution in [1.29, 1.82) is 0 Å². The highest BCUT2D eigenvalue weighted by molar-refractivity contribution is 14.0. The monoisotopic (exact) mass is 520 g/mol. The maximum atomic E-state index is 11.7. The molecule has 2 aromatic rings. The van der Waals surface area contributed by atoms with Gasteiger partial charge in [0.2, 0.25) is 0 Å². The van der Waals surface area contributed by atoms with Gasteiger partial charge < -0.3 is 20.7 Å². The van der Waals surface area contributed by atoms with Crippen LogP contribution in [0.3, 0.4) is 0 Å². The fraction of sp³-hybridized carbons (Fsp3) is 0.304. The van der Waals surface area contributed by atoms with Crippen LogP contribution in [0.15, 0.2) is 53.5 Å². The second-order valence-corrected chi connectivity index (χ2v) is 6.34. The molecule has 3 N–H and O–H groups in total. The molecule has 0 fully saturated rings. The summed E-state index contributed by atoms with van der Waals surface area (Å²) in [4.78, 5) is 16.0. The Morgan fingerprint density at radius 1 is 1.07 bits per heavy atom. The first-order chi connectivity index (χ1) is 14.2. The number of guanidine groups is 1. The molecule has 2 rings (SSSR count). The predicted octanol–water partition coefficient (Wildman–Crippen LogP) is 2.63. The van der Waals surface area contributed by atoms with Crippen molar-refractivity contribution in [3.8, 4) is 18.1 Å². The van der Waals surface area contributed by atoms with Gasteiger partial charge in [0.1, 0.15) is 12.4 Å². The highest BCUT2D eigenvalue weighted by Gasteiger charge is 2.04. The number of nitrogens with zero attached hydrogens (tertiary/aromatic N) is 1. The number of halogens is 1. The van der Waals surface area contributed by atoms with E-state index in [1.165, 1.54) is 5.56 Å². The Morgan fingerprint density at radius 3 is 2.33 bits per heavy atom. The van der Waals surface area contributed by atoms with E-state index in [-0.39, 0.29) is 36.5 Å². The van der Waals surface area contributed by atoms with Crippen LogP contribution in [0.2, 0.25) is 0 Å². The first-order valence-corrected chi connectivity index (χ1v) is 9.57. The Hall–Kier alpha value is -2.73. The molecule has 0 heterocycles. The summed E-state index contributed by atoms with van der Waals surface area (Å²) in [6.45, 7) is 1.76. The van der Waals surface area contributed by atoms with E-state index in [4.69, 9.17) is 11.2 Å². The van der Waals surface area contributed by atoms with Gasteiger partial charge >= 0.3 is 0 Å². The summed E-state index contributed by atoms with van der Waals surface area (Å²) in [6, 6.07) is 15.5. The Balaban J connectivity index is 0.00000450. The Bertz CT molecular complexity index is 860. The molecule has 0 saturated heterocycles. The molecule has 1 amide bonds. The number of terminal acetylenes is 1. The van der Waals surface area contributed by atoms with E-state index in [9.17, 15) is 4.79 Å². The molecular formula is C23H29IN4O2. The summed E-state index contributed by atoms with van der Waals surface area (Å²) in [5.41, 5.74) is 2.97. The summed E-state index contributed by atoms with van der Waals surface area (Å²) in [5.74, 6) is 3.90. The number of carbonyl (C=O) groups is 1. The summed E-state index contributed by atoms with van der Waals surface area (Å²) in [7, 11) is 3.38. The fourth-order valence-corrected chi connectivity index (χ4v) is 2.76. The lowest BCUT2D eigenvalue weighted by atomic mass is 10.1. The van der Waals surface area contributed by atoms with Gasteiger partial charge in [-0.1, -0.05) is 30.2 Å². The number of hydrogen-bond donors (Lipinski definition) is 3. The van der Waals surface area contributed by atoms with Crippen molar-refractivity contribution in [1.82, 2.24) is 16.0 Å². The van der Waals surface area contributed by atoms with Crippen LogP contribution in [0, 0.1) is 12.3 Å². The minimum absolute atomic E-state index is 0. The molecule has 0 aliphatic heterocycles. The molecule has 30 heavy (non-hydrogen) atoms. The van der Waals surface area contributed by atoms with Crippen LogP contribution in [-0.4, -0.2) is 45.7 Å². The summed E-state index contributed by atoms with van der Waals surface area (Å²) in [5, 5.41) is 9.25. The zero-order valence-corrected chi connectivity index (χ0v) is 19.7. The van der Waals surface area contributed by atoms with E-state index in [0.717, 1.165) is 43.2 Å². The zero-order chi connectivity index (χ0) is 20.9. The number of benzene rings is 2. The number of ether oxygens (including phenoxy) is 1. The molecule has 7 heteroatoms. The first kappa shape index (κ1) is 25.3. The quantitative estimate of drug-likeness (QED) is 0.206. The lowest BCUT2D eigenvalue weighted by molar-refractivity contribution is 0.0963. The highest BCUT2D eigenvalue weighted by Crippen LogP contribution is 2.12. The molecule has 6 nitrogen and oxygen atoms in total. The molecule has 0 unspecified atom stereocenters. The minimum Gasteiger partial charge on any atom is -0.481 e. The van der Waals surface area contributed by atoms with Gasteiger partial charge in [-0.05, 0) is 48.2 Å². The van der Waals surface area contributed by atoms with E-state index in [0.29, 0.717) is 5.56 Å². The van der Waals surface area contributed by atoms with Crippen molar-refractivity contribution in [3.05, 3.63) is 65.2 Å². The van der Waals surface area contributed by atoms with Crippen molar-refractivity contribution < 1.29 is 9.53 Å². The Morgan fingerprint density at radius 2 is 1.73 bits per heavy atom. The number of nitrogens with one attached hydrogen (secondary N) is 3. The second kappa shape index (κ2) is 14.3. The van der Waals surface area contributed by atoms with Crippen molar-refractivity contribution in [3.63, 3.8) is 0 Å². The van der Waals surface area contributed by atoms with Crippen molar-refractivity contribution >= 4 is 35.8 Å². The summed E-state index contributed by atoms with van der Waals surface area (Å²) >= 11 is 0. The summed E-state index contributed by atoms with van der Waals surface area (Å²) < 4.78 is 5.37. The molecule has 0 spiro atoms. The van der Waals surface area contributed by atoms with Gasteiger partial charge in [-0.15, -0.1) is 30.4 Å². The Kier molecular flexibility index (Phi) is 12.0. The maximum Gasteiger partial charge on any atom is 0.251 e. The number of aliphatic imine (C=N–C) groups is 1. The third kappa shape index (κ3) is 8.74. The summed E-state index contributed by atoms with van der Waals surface area (Å²) in [6.07, 6.45) is 6.85. The zero-order valence-electron chi connectivity index (χ0n) is 17.4. The van der Waals surface area contributed by atoms with E-state index < -0.39 is 0 Å². The lowest BCUT2D eigenvalue weighted by Crippen LogP contribution is -2.39. The molecule has 2 aromatic carbocycles. The third-order valence-electron chi connectivity index (χ3n) is 4.30. The first-order valence-electron chi connectivity index (χ1n) is 9.57. The SMILES string of the molecule is C#CCOc1ccc(CCNC(=NC)NCCc2cccc(C(=O)NC)c2)cc1.I. The van der Waals surface area contributed by atoms with Gasteiger partial charge in [0, 0.05) is 32.7 Å². The van der Waals surface area contributed by atoms with E-state index in [1.54, 1.807) is 14.1 Å². The van der Waals surface area contributed by atoms with E-state index in [2.05, 4.69) is 26.9 Å². The van der Waals surface area contributed by atoms with Crippen molar-refractivity contribution in [2.75, 3.05) is 33.8 Å². The van der Waals surface area contributed by atoms with Crippen LogP contribution in [0.5, 0.6) is 5.75 Å². The number of rotatable bonds is 9. The van der Waals surface area contributed by atoms with Crippen LogP contribution >= 0.6 is 24.0 Å². The molecule has 0 bridgehead atoms. The maximum absolute atomic E-state index is 11.7. The molecule has 0 radical (unpaired) electrons. The normalized spacial score (nSPS) is 10.4. The van der Waals surface area contributed by atoms with Gasteiger partial charge in [0.15, 0.2) is 5.96 Å². The van der Waals surface area contributed by atoms with Crippen LogP contribution in [0.4, 0.5) is 0 Å².